The van der Waals surface area contributed by atoms with E-state index in [9.17, 15) is 8.42 Å². The summed E-state index contributed by atoms with van der Waals surface area (Å²) in [4.78, 5) is 2.38. The lowest BCUT2D eigenvalue weighted by Crippen LogP contribution is -2.48. The topological polar surface area (TPSA) is 71.8 Å². The minimum Gasteiger partial charge on any atom is -0.452 e. The number of nitrogens with zero attached hydrogens (tertiary/aromatic N) is 1. The Labute approximate surface area is 112 Å². The van der Waals surface area contributed by atoms with Crippen LogP contribution in [0.25, 0.3) is 0 Å². The average molecular weight is 286 g/mol. The van der Waals surface area contributed by atoms with Gasteiger partial charge in [-0.25, -0.2) is 13.1 Å². The fourth-order valence-electron chi connectivity index (χ4n) is 2.33. The highest BCUT2D eigenvalue weighted by Crippen LogP contribution is 2.28. The Balaban J connectivity index is 1.54. The molecule has 2 fully saturated rings. The molecule has 1 saturated carbocycles. The van der Waals surface area contributed by atoms with Crippen molar-refractivity contribution in [3.05, 3.63) is 18.4 Å². The van der Waals surface area contributed by atoms with Gasteiger partial charge >= 0.3 is 0 Å². The van der Waals surface area contributed by atoms with Crippen molar-refractivity contribution in [3.8, 4) is 0 Å². The summed E-state index contributed by atoms with van der Waals surface area (Å²) >= 11 is 0. The van der Waals surface area contributed by atoms with E-state index in [4.69, 9.17) is 9.15 Å². The Morgan fingerprint density at radius 2 is 2.26 bits per heavy atom. The Kier molecular flexibility index (Phi) is 3.62. The van der Waals surface area contributed by atoms with Crippen molar-refractivity contribution < 1.29 is 17.6 Å². The van der Waals surface area contributed by atoms with E-state index in [1.54, 1.807) is 6.07 Å². The minimum absolute atomic E-state index is 0.0534. The number of nitrogens with one attached hydrogen (secondary N) is 1. The summed E-state index contributed by atoms with van der Waals surface area (Å²) in [7, 11) is -3.55. The zero-order chi connectivity index (χ0) is 13.3. The van der Waals surface area contributed by atoms with Crippen LogP contribution in [-0.4, -0.2) is 51.7 Å². The normalized spacial score (nSPS) is 25.6. The largest absolute Gasteiger partial charge is 0.452 e. The van der Waals surface area contributed by atoms with Crippen LogP contribution in [-0.2, 0) is 14.8 Å². The second kappa shape index (κ2) is 5.24. The van der Waals surface area contributed by atoms with Crippen LogP contribution >= 0.6 is 0 Å². The first-order chi connectivity index (χ1) is 9.15. The van der Waals surface area contributed by atoms with Gasteiger partial charge in [0.2, 0.25) is 5.09 Å². The van der Waals surface area contributed by atoms with Gasteiger partial charge in [-0.2, -0.15) is 0 Å². The third-order valence-electron chi connectivity index (χ3n) is 3.49. The van der Waals surface area contributed by atoms with Crippen molar-refractivity contribution in [2.24, 2.45) is 0 Å². The molecule has 1 aliphatic carbocycles. The van der Waals surface area contributed by atoms with E-state index >= 15 is 0 Å². The van der Waals surface area contributed by atoms with Gasteiger partial charge in [0.1, 0.15) is 0 Å². The highest BCUT2D eigenvalue weighted by molar-refractivity contribution is 7.89. The minimum atomic E-state index is -3.55. The summed E-state index contributed by atoms with van der Waals surface area (Å²) in [5.74, 6) is 0. The van der Waals surface area contributed by atoms with Crippen molar-refractivity contribution in [2.45, 2.75) is 30.1 Å². The molecule has 6 nitrogen and oxygen atoms in total. The molecular formula is C12H18N2O4S. The van der Waals surface area contributed by atoms with Gasteiger partial charge in [0.25, 0.3) is 10.0 Å². The SMILES string of the molecule is O=S(=O)(NCC1CN(C2CC2)CCO1)c1ccco1. The van der Waals surface area contributed by atoms with E-state index in [-0.39, 0.29) is 17.7 Å². The Hall–Kier alpha value is -0.890. The lowest BCUT2D eigenvalue weighted by molar-refractivity contribution is -0.0278. The fraction of sp³-hybridized carbons (Fsp3) is 0.667. The molecule has 0 spiro atoms. The number of furan rings is 1. The van der Waals surface area contributed by atoms with Crippen molar-refractivity contribution in [2.75, 3.05) is 26.2 Å². The van der Waals surface area contributed by atoms with Gasteiger partial charge in [0.15, 0.2) is 0 Å². The molecule has 1 aromatic heterocycles. The first-order valence-electron chi connectivity index (χ1n) is 6.54. The number of sulfonamides is 1. The van der Waals surface area contributed by atoms with E-state index in [1.807, 2.05) is 0 Å². The molecule has 1 atom stereocenters. The van der Waals surface area contributed by atoms with Gasteiger partial charge in [-0.3, -0.25) is 4.90 Å². The van der Waals surface area contributed by atoms with E-state index < -0.39 is 10.0 Å². The molecule has 0 aromatic carbocycles. The summed E-state index contributed by atoms with van der Waals surface area (Å²) in [6, 6.07) is 3.68. The standard InChI is InChI=1S/C12H18N2O4S/c15-19(16,12-2-1-6-18-12)13-8-11-9-14(5-7-17-11)10-3-4-10/h1-2,6,10-11,13H,3-5,7-9H2. The molecule has 1 N–H and O–H groups in total. The molecule has 1 saturated heterocycles. The first-order valence-corrected chi connectivity index (χ1v) is 8.02. The van der Waals surface area contributed by atoms with Crippen molar-refractivity contribution in [3.63, 3.8) is 0 Å². The van der Waals surface area contributed by atoms with Crippen molar-refractivity contribution in [1.82, 2.24) is 9.62 Å². The van der Waals surface area contributed by atoms with Crippen LogP contribution < -0.4 is 4.72 Å². The van der Waals surface area contributed by atoms with Gasteiger partial charge in [0, 0.05) is 25.7 Å². The Bertz CT molecular complexity index is 510. The second-order valence-corrected chi connectivity index (χ2v) is 6.70. The molecule has 0 radical (unpaired) electrons. The van der Waals surface area contributed by atoms with E-state index in [2.05, 4.69) is 9.62 Å². The smallest absolute Gasteiger partial charge is 0.274 e. The molecule has 1 unspecified atom stereocenters. The van der Waals surface area contributed by atoms with Crippen molar-refractivity contribution in [1.29, 1.82) is 0 Å². The van der Waals surface area contributed by atoms with Crippen LogP contribution in [0, 0.1) is 0 Å². The highest BCUT2D eigenvalue weighted by atomic mass is 32.2. The fourth-order valence-corrected chi connectivity index (χ4v) is 3.31. The highest BCUT2D eigenvalue weighted by Gasteiger charge is 2.33. The van der Waals surface area contributed by atoms with Crippen LogP contribution in [0.1, 0.15) is 12.8 Å². The maximum Gasteiger partial charge on any atom is 0.274 e. The third-order valence-corrected chi connectivity index (χ3v) is 4.80. The van der Waals surface area contributed by atoms with Crippen LogP contribution in [0.4, 0.5) is 0 Å². The molecule has 19 heavy (non-hydrogen) atoms. The summed E-state index contributed by atoms with van der Waals surface area (Å²) in [6.45, 7) is 2.70. The van der Waals surface area contributed by atoms with E-state index in [0.29, 0.717) is 12.6 Å². The molecule has 0 bridgehead atoms. The maximum absolute atomic E-state index is 11.9. The molecule has 2 aliphatic rings. The number of hydrogen-bond donors (Lipinski definition) is 1. The number of ether oxygens (including phenoxy) is 1. The van der Waals surface area contributed by atoms with Crippen LogP contribution in [0.2, 0.25) is 0 Å². The predicted octanol–water partition coefficient (Wildman–Crippen LogP) is 0.421. The second-order valence-electron chi connectivity index (χ2n) is 5.00. The van der Waals surface area contributed by atoms with Gasteiger partial charge in [-0.1, -0.05) is 0 Å². The molecule has 1 aliphatic heterocycles. The zero-order valence-electron chi connectivity index (χ0n) is 10.6. The van der Waals surface area contributed by atoms with Gasteiger partial charge in [-0.05, 0) is 25.0 Å². The molecule has 0 amide bonds. The zero-order valence-corrected chi connectivity index (χ0v) is 11.4. The average Bonchev–Trinajstić information content (AvgIpc) is 3.11. The molecule has 106 valence electrons. The van der Waals surface area contributed by atoms with Crippen LogP contribution in [0.3, 0.4) is 0 Å². The molecule has 3 rings (SSSR count). The lowest BCUT2D eigenvalue weighted by Gasteiger charge is -2.32. The van der Waals surface area contributed by atoms with Crippen LogP contribution in [0.5, 0.6) is 0 Å². The van der Waals surface area contributed by atoms with Crippen LogP contribution in [0.15, 0.2) is 27.9 Å². The Morgan fingerprint density at radius 1 is 1.42 bits per heavy atom. The number of morpholine rings is 1. The molecule has 7 heteroatoms. The maximum atomic E-state index is 11.9. The first kappa shape index (κ1) is 13.1. The number of rotatable bonds is 5. The predicted molar refractivity (Wildman–Crippen MR) is 68.2 cm³/mol. The number of hydrogen-bond acceptors (Lipinski definition) is 5. The summed E-state index contributed by atoms with van der Waals surface area (Å²) in [5, 5.41) is -0.0534. The van der Waals surface area contributed by atoms with Gasteiger partial charge in [0.05, 0.1) is 19.0 Å². The lowest BCUT2D eigenvalue weighted by atomic mass is 10.2. The Morgan fingerprint density at radius 3 is 2.95 bits per heavy atom. The van der Waals surface area contributed by atoms with Crippen molar-refractivity contribution >= 4 is 10.0 Å². The molecule has 1 aromatic rings. The van der Waals surface area contributed by atoms with E-state index in [0.717, 1.165) is 13.1 Å². The summed E-state index contributed by atoms with van der Waals surface area (Å²) < 4.78 is 36.8. The van der Waals surface area contributed by atoms with Gasteiger partial charge in [-0.15, -0.1) is 0 Å². The summed E-state index contributed by atoms with van der Waals surface area (Å²) in [6.07, 6.45) is 3.77. The third kappa shape index (κ3) is 3.17. The quantitative estimate of drug-likeness (QED) is 0.849. The summed E-state index contributed by atoms with van der Waals surface area (Å²) in [5.41, 5.74) is 0. The molecule has 2 heterocycles. The van der Waals surface area contributed by atoms with Gasteiger partial charge < -0.3 is 9.15 Å². The monoisotopic (exact) mass is 286 g/mol. The molecular weight excluding hydrogens is 268 g/mol. The van der Waals surface area contributed by atoms with E-state index in [1.165, 1.54) is 25.2 Å².